The molecule has 3 unspecified atom stereocenters. The monoisotopic (exact) mass is 246 g/mol. The molecule has 18 heavy (non-hydrogen) atoms. The maximum atomic E-state index is 6.25. The van der Waals surface area contributed by atoms with E-state index in [1.165, 1.54) is 18.7 Å². The van der Waals surface area contributed by atoms with Gasteiger partial charge in [0, 0.05) is 25.7 Å². The van der Waals surface area contributed by atoms with Crippen LogP contribution >= 0.6 is 0 Å². The minimum atomic E-state index is 0.308. The molecule has 0 spiro atoms. The Morgan fingerprint density at radius 1 is 1.17 bits per heavy atom. The molecule has 1 aromatic carbocycles. The van der Waals surface area contributed by atoms with Gasteiger partial charge in [-0.25, -0.2) is 0 Å². The first-order chi connectivity index (χ1) is 8.65. The van der Waals surface area contributed by atoms with Crippen LogP contribution in [0.25, 0.3) is 0 Å². The molecule has 2 rings (SSSR count). The van der Waals surface area contributed by atoms with E-state index in [1.807, 2.05) is 0 Å². The Kier molecular flexibility index (Phi) is 4.79. The normalized spacial score (nSPS) is 26.4. The van der Waals surface area contributed by atoms with Crippen molar-refractivity contribution < 1.29 is 0 Å². The summed E-state index contributed by atoms with van der Waals surface area (Å²) in [6.07, 6.45) is 2.18. The topological polar surface area (TPSA) is 29.3 Å². The number of rotatable bonds is 5. The fourth-order valence-corrected chi connectivity index (χ4v) is 2.82. The first-order valence-electron chi connectivity index (χ1n) is 7.17. The highest BCUT2D eigenvalue weighted by molar-refractivity contribution is 5.14. The first-order valence-corrected chi connectivity index (χ1v) is 7.17. The Morgan fingerprint density at radius 2 is 1.78 bits per heavy atom. The second-order valence-electron chi connectivity index (χ2n) is 5.96. The third kappa shape index (κ3) is 3.82. The molecule has 2 heteroatoms. The predicted octanol–water partition coefficient (Wildman–Crippen LogP) is 2.53. The van der Waals surface area contributed by atoms with Gasteiger partial charge in [-0.3, -0.25) is 0 Å². The van der Waals surface area contributed by atoms with Crippen LogP contribution in [0.5, 0.6) is 0 Å². The quantitative estimate of drug-likeness (QED) is 0.865. The smallest absolute Gasteiger partial charge is 0.0170 e. The molecule has 0 saturated carbocycles. The van der Waals surface area contributed by atoms with E-state index in [9.17, 15) is 0 Å². The maximum Gasteiger partial charge on any atom is 0.0170 e. The lowest BCUT2D eigenvalue weighted by Crippen LogP contribution is -2.36. The number of benzene rings is 1. The van der Waals surface area contributed by atoms with Gasteiger partial charge in [-0.1, -0.05) is 44.2 Å². The van der Waals surface area contributed by atoms with Crippen molar-refractivity contribution in [3.8, 4) is 0 Å². The van der Waals surface area contributed by atoms with Crippen LogP contribution < -0.4 is 5.73 Å². The number of hydrogen-bond acceptors (Lipinski definition) is 2. The summed E-state index contributed by atoms with van der Waals surface area (Å²) in [6.45, 7) is 8.20. The highest BCUT2D eigenvalue weighted by atomic mass is 15.2. The van der Waals surface area contributed by atoms with Crippen LogP contribution in [-0.2, 0) is 6.42 Å². The largest absolute Gasteiger partial charge is 0.327 e. The number of likely N-dealkylation sites (tertiary alicyclic amines) is 1. The van der Waals surface area contributed by atoms with E-state index in [2.05, 4.69) is 49.1 Å². The van der Waals surface area contributed by atoms with Gasteiger partial charge in [0.25, 0.3) is 0 Å². The zero-order chi connectivity index (χ0) is 13.0. The van der Waals surface area contributed by atoms with Crippen LogP contribution in [0.2, 0.25) is 0 Å². The maximum absolute atomic E-state index is 6.25. The molecule has 0 aromatic heterocycles. The highest BCUT2D eigenvalue weighted by Gasteiger charge is 2.26. The van der Waals surface area contributed by atoms with Crippen LogP contribution in [-0.4, -0.2) is 30.6 Å². The third-order valence-corrected chi connectivity index (χ3v) is 4.20. The molecular weight excluding hydrogens is 220 g/mol. The molecule has 1 aliphatic heterocycles. The van der Waals surface area contributed by atoms with Gasteiger partial charge in [0.05, 0.1) is 0 Å². The number of aryl methyl sites for hydroxylation is 1. The van der Waals surface area contributed by atoms with E-state index < -0.39 is 0 Å². The Hall–Kier alpha value is -0.860. The van der Waals surface area contributed by atoms with Crippen molar-refractivity contribution in [1.82, 2.24) is 4.90 Å². The number of hydrogen-bond donors (Lipinski definition) is 1. The molecule has 1 aromatic rings. The van der Waals surface area contributed by atoms with Crippen molar-refractivity contribution in [2.75, 3.05) is 19.6 Å². The standard InChI is InChI=1S/C16H26N2/c1-13-10-18(11-14(13)2)12-16(17)9-8-15-6-4-3-5-7-15/h3-7,13-14,16H,8-12,17H2,1-2H3. The lowest BCUT2D eigenvalue weighted by Gasteiger charge is -2.20. The van der Waals surface area contributed by atoms with Crippen LogP contribution in [0.4, 0.5) is 0 Å². The Balaban J connectivity index is 1.71. The molecule has 2 N–H and O–H groups in total. The van der Waals surface area contributed by atoms with Gasteiger partial charge in [-0.15, -0.1) is 0 Å². The molecule has 2 nitrogen and oxygen atoms in total. The SMILES string of the molecule is CC1CN(CC(N)CCc2ccccc2)CC1C. The Labute approximate surface area is 111 Å². The summed E-state index contributed by atoms with van der Waals surface area (Å²) in [6, 6.07) is 11.0. The zero-order valence-electron chi connectivity index (χ0n) is 11.7. The van der Waals surface area contributed by atoms with Gasteiger partial charge >= 0.3 is 0 Å². The van der Waals surface area contributed by atoms with Gasteiger partial charge in [-0.2, -0.15) is 0 Å². The van der Waals surface area contributed by atoms with Gasteiger partial charge in [0.15, 0.2) is 0 Å². The summed E-state index contributed by atoms with van der Waals surface area (Å²) in [4.78, 5) is 2.53. The molecule has 3 atom stereocenters. The summed E-state index contributed by atoms with van der Waals surface area (Å²) >= 11 is 0. The van der Waals surface area contributed by atoms with Crippen molar-refractivity contribution >= 4 is 0 Å². The number of nitrogens with two attached hydrogens (primary N) is 1. The average Bonchev–Trinajstić information content (AvgIpc) is 2.67. The summed E-state index contributed by atoms with van der Waals surface area (Å²) in [5, 5.41) is 0. The fourth-order valence-electron chi connectivity index (χ4n) is 2.82. The third-order valence-electron chi connectivity index (χ3n) is 4.20. The van der Waals surface area contributed by atoms with E-state index >= 15 is 0 Å². The molecule has 1 fully saturated rings. The van der Waals surface area contributed by atoms with Crippen LogP contribution in [0, 0.1) is 11.8 Å². The average molecular weight is 246 g/mol. The van der Waals surface area contributed by atoms with E-state index in [1.54, 1.807) is 0 Å². The van der Waals surface area contributed by atoms with E-state index in [0.717, 1.165) is 31.2 Å². The van der Waals surface area contributed by atoms with Crippen LogP contribution in [0.15, 0.2) is 30.3 Å². The molecule has 100 valence electrons. The molecule has 0 radical (unpaired) electrons. The summed E-state index contributed by atoms with van der Waals surface area (Å²) < 4.78 is 0. The van der Waals surface area contributed by atoms with Crippen molar-refractivity contribution in [2.24, 2.45) is 17.6 Å². The van der Waals surface area contributed by atoms with E-state index in [-0.39, 0.29) is 0 Å². The summed E-state index contributed by atoms with van der Waals surface area (Å²) in [5.74, 6) is 1.65. The van der Waals surface area contributed by atoms with E-state index in [0.29, 0.717) is 6.04 Å². The van der Waals surface area contributed by atoms with Gasteiger partial charge < -0.3 is 10.6 Å². The molecule has 1 saturated heterocycles. The summed E-state index contributed by atoms with van der Waals surface area (Å²) in [7, 11) is 0. The van der Waals surface area contributed by atoms with Crippen molar-refractivity contribution in [1.29, 1.82) is 0 Å². The molecule has 0 aliphatic carbocycles. The highest BCUT2D eigenvalue weighted by Crippen LogP contribution is 2.22. The van der Waals surface area contributed by atoms with Gasteiger partial charge in [0.2, 0.25) is 0 Å². The summed E-state index contributed by atoms with van der Waals surface area (Å²) in [5.41, 5.74) is 7.65. The Morgan fingerprint density at radius 3 is 2.39 bits per heavy atom. The molecule has 0 bridgehead atoms. The van der Waals surface area contributed by atoms with Crippen LogP contribution in [0.3, 0.4) is 0 Å². The molecule has 0 amide bonds. The Bertz CT molecular complexity index is 339. The van der Waals surface area contributed by atoms with Gasteiger partial charge in [0.1, 0.15) is 0 Å². The zero-order valence-corrected chi connectivity index (χ0v) is 11.7. The number of nitrogens with zero attached hydrogens (tertiary/aromatic N) is 1. The van der Waals surface area contributed by atoms with Crippen molar-refractivity contribution in [2.45, 2.75) is 32.7 Å². The lowest BCUT2D eigenvalue weighted by molar-refractivity contribution is 0.295. The fraction of sp³-hybridized carbons (Fsp3) is 0.625. The van der Waals surface area contributed by atoms with Crippen molar-refractivity contribution in [3.63, 3.8) is 0 Å². The molecule has 1 aliphatic rings. The minimum Gasteiger partial charge on any atom is -0.327 e. The first kappa shape index (κ1) is 13.6. The minimum absolute atomic E-state index is 0.308. The molecule has 1 heterocycles. The van der Waals surface area contributed by atoms with E-state index in [4.69, 9.17) is 5.73 Å². The van der Waals surface area contributed by atoms with Crippen molar-refractivity contribution in [3.05, 3.63) is 35.9 Å². The van der Waals surface area contributed by atoms with Crippen LogP contribution in [0.1, 0.15) is 25.8 Å². The second kappa shape index (κ2) is 6.35. The predicted molar refractivity (Wildman–Crippen MR) is 77.5 cm³/mol. The lowest BCUT2D eigenvalue weighted by atomic mass is 10.0. The van der Waals surface area contributed by atoms with Gasteiger partial charge in [-0.05, 0) is 30.2 Å². The second-order valence-corrected chi connectivity index (χ2v) is 5.96. The molecular formula is C16H26N2.